The maximum atomic E-state index is 12.3. The van der Waals surface area contributed by atoms with Crippen LogP contribution in [-0.4, -0.2) is 27.0 Å². The second-order valence-corrected chi connectivity index (χ2v) is 9.99. The van der Waals surface area contributed by atoms with Crippen LogP contribution in [0, 0.1) is 0 Å². The Balaban J connectivity index is 1.64. The third kappa shape index (κ3) is 5.57. The molecule has 0 saturated heterocycles. The number of hydrogen-bond acceptors (Lipinski definition) is 6. The minimum Gasteiger partial charge on any atom is -0.508 e. The summed E-state index contributed by atoms with van der Waals surface area (Å²) in [6.07, 6.45) is 0. The van der Waals surface area contributed by atoms with Gasteiger partial charge in [0.1, 0.15) is 11.5 Å². The second-order valence-electron chi connectivity index (χ2n) is 6.46. The summed E-state index contributed by atoms with van der Waals surface area (Å²) in [6.45, 7) is 0.0313. The number of phenols is 2. The van der Waals surface area contributed by atoms with Crippen LogP contribution < -0.4 is 9.44 Å². The van der Waals surface area contributed by atoms with Crippen LogP contribution in [0.5, 0.6) is 11.5 Å². The van der Waals surface area contributed by atoms with E-state index in [4.69, 9.17) is 0 Å². The average Bonchev–Trinajstić information content (AvgIpc) is 2.72. The van der Waals surface area contributed by atoms with Crippen molar-refractivity contribution < 1.29 is 27.0 Å². The van der Waals surface area contributed by atoms with Gasteiger partial charge in [-0.05, 0) is 59.7 Å². The van der Waals surface area contributed by atoms with E-state index < -0.39 is 20.0 Å². The quantitative estimate of drug-likeness (QED) is 0.417. The SMILES string of the molecule is O=S(=O)(NCc1cccc(CNS(=O)(=O)c2ccc(O)cc2)c1)c1ccc(O)cc1. The first kappa shape index (κ1) is 21.8. The van der Waals surface area contributed by atoms with Gasteiger partial charge in [-0.25, -0.2) is 26.3 Å². The molecular weight excluding hydrogens is 428 g/mol. The van der Waals surface area contributed by atoms with E-state index in [1.807, 2.05) is 0 Å². The Hall–Kier alpha value is -2.92. The molecule has 3 aromatic carbocycles. The van der Waals surface area contributed by atoms with Crippen molar-refractivity contribution in [2.24, 2.45) is 0 Å². The van der Waals surface area contributed by atoms with Crippen LogP contribution in [0.25, 0.3) is 0 Å². The second kappa shape index (κ2) is 8.84. The molecule has 4 N–H and O–H groups in total. The van der Waals surface area contributed by atoms with E-state index in [0.717, 1.165) is 0 Å². The van der Waals surface area contributed by atoms with E-state index in [1.54, 1.807) is 24.3 Å². The molecule has 3 rings (SSSR count). The lowest BCUT2D eigenvalue weighted by Gasteiger charge is -2.10. The highest BCUT2D eigenvalue weighted by Gasteiger charge is 2.15. The van der Waals surface area contributed by atoms with Crippen molar-refractivity contribution in [3.63, 3.8) is 0 Å². The summed E-state index contributed by atoms with van der Waals surface area (Å²) in [5, 5.41) is 18.6. The molecule has 0 bridgehead atoms. The molecule has 30 heavy (non-hydrogen) atoms. The number of benzene rings is 3. The molecule has 0 fully saturated rings. The standard InChI is InChI=1S/C20H20N2O6S2/c23-17-4-8-19(9-5-17)29(25,26)21-13-15-2-1-3-16(12-15)14-22-30(27,28)20-10-6-18(24)7-11-20/h1-12,21-24H,13-14H2. The van der Waals surface area contributed by atoms with Crippen molar-refractivity contribution in [3.05, 3.63) is 83.9 Å². The van der Waals surface area contributed by atoms with Crippen LogP contribution in [0.3, 0.4) is 0 Å². The predicted molar refractivity (Wildman–Crippen MR) is 111 cm³/mol. The van der Waals surface area contributed by atoms with Crippen molar-refractivity contribution in [3.8, 4) is 11.5 Å². The highest BCUT2D eigenvalue weighted by molar-refractivity contribution is 7.89. The van der Waals surface area contributed by atoms with Crippen LogP contribution in [0.4, 0.5) is 0 Å². The summed E-state index contributed by atoms with van der Waals surface area (Å²) in [7, 11) is -7.51. The normalized spacial score (nSPS) is 12.0. The molecule has 0 radical (unpaired) electrons. The van der Waals surface area contributed by atoms with Crippen molar-refractivity contribution in [1.29, 1.82) is 0 Å². The number of nitrogens with one attached hydrogen (secondary N) is 2. The summed E-state index contributed by atoms with van der Waals surface area (Å²) >= 11 is 0. The van der Waals surface area contributed by atoms with Crippen LogP contribution in [0.15, 0.2) is 82.6 Å². The molecule has 0 heterocycles. The maximum absolute atomic E-state index is 12.3. The molecule has 0 aromatic heterocycles. The van der Waals surface area contributed by atoms with Gasteiger partial charge in [0.25, 0.3) is 0 Å². The molecular formula is C20H20N2O6S2. The summed E-state index contributed by atoms with van der Waals surface area (Å²) < 4.78 is 54.3. The van der Waals surface area contributed by atoms with Gasteiger partial charge in [0, 0.05) is 13.1 Å². The topological polar surface area (TPSA) is 133 Å². The van der Waals surface area contributed by atoms with Crippen LogP contribution in [-0.2, 0) is 33.1 Å². The molecule has 0 saturated carbocycles. The Morgan fingerprint density at radius 2 is 0.967 bits per heavy atom. The third-order valence-corrected chi connectivity index (χ3v) is 7.05. The lowest BCUT2D eigenvalue weighted by Crippen LogP contribution is -2.24. The largest absolute Gasteiger partial charge is 0.508 e. The van der Waals surface area contributed by atoms with Gasteiger partial charge >= 0.3 is 0 Å². The highest BCUT2D eigenvalue weighted by Crippen LogP contribution is 2.16. The van der Waals surface area contributed by atoms with Crippen molar-refractivity contribution in [1.82, 2.24) is 9.44 Å². The Labute approximate surface area is 174 Å². The van der Waals surface area contributed by atoms with Gasteiger partial charge in [-0.1, -0.05) is 24.3 Å². The number of aromatic hydroxyl groups is 2. The van der Waals surface area contributed by atoms with Crippen molar-refractivity contribution in [2.45, 2.75) is 22.9 Å². The van der Waals surface area contributed by atoms with Gasteiger partial charge in [-0.3, -0.25) is 0 Å². The zero-order valence-electron chi connectivity index (χ0n) is 15.7. The first-order valence-corrected chi connectivity index (χ1v) is 11.8. The summed E-state index contributed by atoms with van der Waals surface area (Å²) in [6, 6.07) is 17.2. The molecule has 0 aliphatic carbocycles. The zero-order chi connectivity index (χ0) is 21.8. The molecule has 0 aliphatic heterocycles. The van der Waals surface area contributed by atoms with E-state index in [0.29, 0.717) is 11.1 Å². The molecule has 3 aromatic rings. The van der Waals surface area contributed by atoms with Gasteiger partial charge in [0.15, 0.2) is 0 Å². The summed E-state index contributed by atoms with van der Waals surface area (Å²) in [5.41, 5.74) is 1.30. The Bertz CT molecular complexity index is 1130. The van der Waals surface area contributed by atoms with Crippen molar-refractivity contribution in [2.75, 3.05) is 0 Å². The first-order valence-electron chi connectivity index (χ1n) is 8.81. The molecule has 0 atom stereocenters. The highest BCUT2D eigenvalue weighted by atomic mass is 32.2. The zero-order valence-corrected chi connectivity index (χ0v) is 17.3. The molecule has 0 spiro atoms. The molecule has 10 heteroatoms. The maximum Gasteiger partial charge on any atom is 0.240 e. The minimum atomic E-state index is -3.76. The number of sulfonamides is 2. The van der Waals surface area contributed by atoms with E-state index in [1.165, 1.54) is 48.5 Å². The Morgan fingerprint density at radius 1 is 0.600 bits per heavy atom. The van der Waals surface area contributed by atoms with Gasteiger partial charge in [0.05, 0.1) is 9.79 Å². The fourth-order valence-electron chi connectivity index (χ4n) is 2.62. The number of rotatable bonds is 8. The van der Waals surface area contributed by atoms with Gasteiger partial charge in [0.2, 0.25) is 20.0 Å². The smallest absolute Gasteiger partial charge is 0.240 e. The third-order valence-electron chi connectivity index (χ3n) is 4.22. The Kier molecular flexibility index (Phi) is 6.42. The van der Waals surface area contributed by atoms with Crippen molar-refractivity contribution >= 4 is 20.0 Å². The Morgan fingerprint density at radius 3 is 1.33 bits per heavy atom. The van der Waals surface area contributed by atoms with Gasteiger partial charge in [-0.15, -0.1) is 0 Å². The summed E-state index contributed by atoms with van der Waals surface area (Å²) in [4.78, 5) is 0.0521. The fourth-order valence-corrected chi connectivity index (χ4v) is 4.66. The van der Waals surface area contributed by atoms with E-state index in [-0.39, 0.29) is 34.4 Å². The molecule has 8 nitrogen and oxygen atoms in total. The predicted octanol–water partition coefficient (Wildman–Crippen LogP) is 2.05. The molecule has 0 aliphatic rings. The van der Waals surface area contributed by atoms with E-state index in [9.17, 15) is 27.0 Å². The lowest BCUT2D eigenvalue weighted by molar-refractivity contribution is 0.474. The van der Waals surface area contributed by atoms with Crippen LogP contribution in [0.2, 0.25) is 0 Å². The lowest BCUT2D eigenvalue weighted by atomic mass is 10.1. The molecule has 0 unspecified atom stereocenters. The number of hydrogen-bond donors (Lipinski definition) is 4. The van der Waals surface area contributed by atoms with Crippen LogP contribution >= 0.6 is 0 Å². The van der Waals surface area contributed by atoms with Crippen LogP contribution in [0.1, 0.15) is 11.1 Å². The number of phenolic OH excluding ortho intramolecular Hbond substituents is 2. The summed E-state index contributed by atoms with van der Waals surface area (Å²) in [5.74, 6) is -0.0622. The fraction of sp³-hybridized carbons (Fsp3) is 0.100. The molecule has 0 amide bonds. The van der Waals surface area contributed by atoms with E-state index in [2.05, 4.69) is 9.44 Å². The monoisotopic (exact) mass is 448 g/mol. The first-order chi connectivity index (χ1) is 14.2. The molecule has 158 valence electrons. The van der Waals surface area contributed by atoms with Gasteiger partial charge < -0.3 is 10.2 Å². The minimum absolute atomic E-state index is 0.0156. The van der Waals surface area contributed by atoms with Gasteiger partial charge in [-0.2, -0.15) is 0 Å². The van der Waals surface area contributed by atoms with E-state index >= 15 is 0 Å². The average molecular weight is 449 g/mol.